The second-order valence-corrected chi connectivity index (χ2v) is 6.93. The zero-order valence-electron chi connectivity index (χ0n) is 10.2. The van der Waals surface area contributed by atoms with Crippen molar-refractivity contribution in [3.63, 3.8) is 0 Å². The fourth-order valence-corrected chi connectivity index (χ4v) is 3.88. The van der Waals surface area contributed by atoms with E-state index in [0.717, 1.165) is 25.1 Å². The third-order valence-electron chi connectivity index (χ3n) is 3.10. The van der Waals surface area contributed by atoms with Crippen LogP contribution in [-0.4, -0.2) is 15.0 Å². The fraction of sp³-hybridized carbons (Fsp3) is 0.231. The van der Waals surface area contributed by atoms with E-state index in [1.165, 1.54) is 16.9 Å². The standard InChI is InChI=1S/C13H14N2O2S2/c16-19(17,15-11-5-7-18-9-11)12-4-3-10-2-1-6-14-13(10)8-12/h3-5,7-9,14-15H,1-2,6H2. The summed E-state index contributed by atoms with van der Waals surface area (Å²) in [5, 5.41) is 6.86. The van der Waals surface area contributed by atoms with E-state index in [1.54, 1.807) is 23.6 Å². The van der Waals surface area contributed by atoms with Crippen molar-refractivity contribution >= 4 is 32.7 Å². The number of aryl methyl sites for hydroxylation is 1. The van der Waals surface area contributed by atoms with Gasteiger partial charge in [-0.05, 0) is 42.0 Å². The first-order chi connectivity index (χ1) is 9.15. The van der Waals surface area contributed by atoms with Crippen molar-refractivity contribution in [2.75, 3.05) is 16.6 Å². The van der Waals surface area contributed by atoms with Crippen molar-refractivity contribution in [3.05, 3.63) is 40.6 Å². The van der Waals surface area contributed by atoms with Crippen molar-refractivity contribution in [2.45, 2.75) is 17.7 Å². The van der Waals surface area contributed by atoms with Crippen LogP contribution < -0.4 is 10.0 Å². The van der Waals surface area contributed by atoms with Crippen LogP contribution in [-0.2, 0) is 16.4 Å². The number of hydrogen-bond donors (Lipinski definition) is 2. The summed E-state index contributed by atoms with van der Waals surface area (Å²) < 4.78 is 27.1. The normalized spacial score (nSPS) is 14.5. The SMILES string of the molecule is O=S(=O)(Nc1ccsc1)c1ccc2c(c1)NCCC2. The Morgan fingerprint density at radius 1 is 1.26 bits per heavy atom. The van der Waals surface area contributed by atoms with E-state index >= 15 is 0 Å². The molecule has 0 spiro atoms. The summed E-state index contributed by atoms with van der Waals surface area (Å²) in [5.41, 5.74) is 2.72. The van der Waals surface area contributed by atoms with Crippen molar-refractivity contribution < 1.29 is 8.42 Å². The van der Waals surface area contributed by atoms with Gasteiger partial charge in [-0.3, -0.25) is 4.72 Å². The van der Waals surface area contributed by atoms with Crippen molar-refractivity contribution in [2.24, 2.45) is 0 Å². The number of fused-ring (bicyclic) bond motifs is 1. The zero-order chi connectivity index (χ0) is 13.3. The summed E-state index contributed by atoms with van der Waals surface area (Å²) in [4.78, 5) is 0.298. The van der Waals surface area contributed by atoms with Gasteiger partial charge in [0.25, 0.3) is 10.0 Å². The summed E-state index contributed by atoms with van der Waals surface area (Å²) >= 11 is 1.46. The first-order valence-electron chi connectivity index (χ1n) is 6.07. The van der Waals surface area contributed by atoms with Gasteiger partial charge in [0, 0.05) is 17.6 Å². The molecule has 0 saturated heterocycles. The first kappa shape index (κ1) is 12.5. The topological polar surface area (TPSA) is 58.2 Å². The van der Waals surface area contributed by atoms with Crippen LogP contribution in [0.5, 0.6) is 0 Å². The monoisotopic (exact) mass is 294 g/mol. The molecule has 1 aromatic carbocycles. The minimum atomic E-state index is -3.50. The molecule has 6 heteroatoms. The molecule has 0 radical (unpaired) electrons. The van der Waals surface area contributed by atoms with Gasteiger partial charge in [-0.15, -0.1) is 0 Å². The molecule has 3 rings (SSSR count). The highest BCUT2D eigenvalue weighted by molar-refractivity contribution is 7.92. The van der Waals surface area contributed by atoms with Gasteiger partial charge in [-0.2, -0.15) is 11.3 Å². The third kappa shape index (κ3) is 2.59. The Kier molecular flexibility index (Phi) is 3.20. The average Bonchev–Trinajstić information content (AvgIpc) is 2.90. The van der Waals surface area contributed by atoms with E-state index in [2.05, 4.69) is 10.0 Å². The smallest absolute Gasteiger partial charge is 0.261 e. The maximum Gasteiger partial charge on any atom is 0.261 e. The van der Waals surface area contributed by atoms with Crippen LogP contribution in [0.25, 0.3) is 0 Å². The Bertz CT molecular complexity index is 679. The largest absolute Gasteiger partial charge is 0.385 e. The van der Waals surface area contributed by atoms with Crippen LogP contribution in [0.1, 0.15) is 12.0 Å². The molecular weight excluding hydrogens is 280 g/mol. The van der Waals surface area contributed by atoms with Crippen LogP contribution >= 0.6 is 11.3 Å². The molecule has 100 valence electrons. The molecule has 1 aromatic heterocycles. The highest BCUT2D eigenvalue weighted by Crippen LogP contribution is 2.26. The molecule has 0 bridgehead atoms. The average molecular weight is 294 g/mol. The van der Waals surface area contributed by atoms with Gasteiger partial charge >= 0.3 is 0 Å². The molecular formula is C13H14N2O2S2. The van der Waals surface area contributed by atoms with Gasteiger partial charge in [0.05, 0.1) is 10.6 Å². The molecule has 0 atom stereocenters. The number of nitrogens with one attached hydrogen (secondary N) is 2. The Hall–Kier alpha value is -1.53. The molecule has 4 nitrogen and oxygen atoms in total. The minimum Gasteiger partial charge on any atom is -0.385 e. The van der Waals surface area contributed by atoms with Crippen molar-refractivity contribution in [1.29, 1.82) is 0 Å². The Morgan fingerprint density at radius 3 is 2.95 bits per heavy atom. The maximum absolute atomic E-state index is 12.3. The molecule has 19 heavy (non-hydrogen) atoms. The lowest BCUT2D eigenvalue weighted by Gasteiger charge is -2.18. The Morgan fingerprint density at radius 2 is 2.16 bits per heavy atom. The van der Waals surface area contributed by atoms with Crippen molar-refractivity contribution in [1.82, 2.24) is 0 Å². The van der Waals surface area contributed by atoms with Crippen LogP contribution in [0.15, 0.2) is 39.9 Å². The maximum atomic E-state index is 12.3. The number of anilines is 2. The predicted octanol–water partition coefficient (Wildman–Crippen LogP) is 2.91. The quantitative estimate of drug-likeness (QED) is 0.915. The Labute approximate surface area is 116 Å². The number of benzene rings is 1. The van der Waals surface area contributed by atoms with Crippen molar-refractivity contribution in [3.8, 4) is 0 Å². The highest BCUT2D eigenvalue weighted by atomic mass is 32.2. The van der Waals surface area contributed by atoms with E-state index in [0.29, 0.717) is 10.6 Å². The lowest BCUT2D eigenvalue weighted by molar-refractivity contribution is 0.601. The Balaban J connectivity index is 1.93. The van der Waals surface area contributed by atoms with Gasteiger partial charge < -0.3 is 5.32 Å². The molecule has 1 aliphatic rings. The number of hydrogen-bond acceptors (Lipinski definition) is 4. The van der Waals surface area contributed by atoms with Crippen LogP contribution in [0.4, 0.5) is 11.4 Å². The van der Waals surface area contributed by atoms with Crippen LogP contribution in [0.3, 0.4) is 0 Å². The molecule has 0 amide bonds. The molecule has 0 unspecified atom stereocenters. The third-order valence-corrected chi connectivity index (χ3v) is 5.17. The first-order valence-corrected chi connectivity index (χ1v) is 8.49. The minimum absolute atomic E-state index is 0.298. The van der Waals surface area contributed by atoms with E-state index in [1.807, 2.05) is 11.4 Å². The summed E-state index contributed by atoms with van der Waals surface area (Å²) in [6.45, 7) is 0.897. The molecule has 0 saturated carbocycles. The molecule has 2 aromatic rings. The van der Waals surface area contributed by atoms with Gasteiger partial charge in [0.2, 0.25) is 0 Å². The second-order valence-electron chi connectivity index (χ2n) is 4.47. The predicted molar refractivity (Wildman–Crippen MR) is 78.4 cm³/mol. The van der Waals surface area contributed by atoms with E-state index in [4.69, 9.17) is 0 Å². The summed E-state index contributed by atoms with van der Waals surface area (Å²) in [7, 11) is -3.50. The van der Waals surface area contributed by atoms with Gasteiger partial charge in [0.15, 0.2) is 0 Å². The van der Waals surface area contributed by atoms with E-state index in [9.17, 15) is 8.42 Å². The fourth-order valence-electron chi connectivity index (χ4n) is 2.14. The number of sulfonamides is 1. The van der Waals surface area contributed by atoms with Gasteiger partial charge in [-0.1, -0.05) is 6.07 Å². The van der Waals surface area contributed by atoms with E-state index < -0.39 is 10.0 Å². The lowest BCUT2D eigenvalue weighted by Crippen LogP contribution is -2.15. The van der Waals surface area contributed by atoms with Gasteiger partial charge in [-0.25, -0.2) is 8.42 Å². The lowest BCUT2D eigenvalue weighted by atomic mass is 10.0. The highest BCUT2D eigenvalue weighted by Gasteiger charge is 2.17. The zero-order valence-corrected chi connectivity index (χ0v) is 11.9. The molecule has 2 heterocycles. The van der Waals surface area contributed by atoms with Crippen LogP contribution in [0.2, 0.25) is 0 Å². The van der Waals surface area contributed by atoms with E-state index in [-0.39, 0.29) is 0 Å². The second kappa shape index (κ2) is 4.86. The summed E-state index contributed by atoms with van der Waals surface area (Å²) in [5.74, 6) is 0. The molecule has 0 aliphatic carbocycles. The molecule has 1 aliphatic heterocycles. The van der Waals surface area contributed by atoms with Crippen LogP contribution in [0, 0.1) is 0 Å². The molecule has 0 fully saturated rings. The number of thiophene rings is 1. The van der Waals surface area contributed by atoms with Gasteiger partial charge in [0.1, 0.15) is 0 Å². The number of rotatable bonds is 3. The summed E-state index contributed by atoms with van der Waals surface area (Å²) in [6, 6.07) is 7.02. The molecule has 2 N–H and O–H groups in total. The summed E-state index contributed by atoms with van der Waals surface area (Å²) in [6.07, 6.45) is 2.09.